The molecule has 1 fully saturated rings. The number of hydrogen-bond acceptors (Lipinski definition) is 5. The molecule has 1 N–H and O–H groups in total. The molecule has 0 aromatic rings. The highest BCUT2D eigenvalue weighted by Crippen LogP contribution is 2.08. The molecule has 0 atom stereocenters. The number of carbonyl (C=O) groups excluding carboxylic acids is 1. The Morgan fingerprint density at radius 2 is 2.55 bits per heavy atom. The molecule has 60 valence electrons. The first-order valence-corrected chi connectivity index (χ1v) is 3.50. The van der Waals surface area contributed by atoms with Crippen molar-refractivity contribution >= 4 is 5.78 Å². The first-order valence-electron chi connectivity index (χ1n) is 3.50. The summed E-state index contributed by atoms with van der Waals surface area (Å²) in [5.41, 5.74) is 2.62. The Labute approximate surface area is 64.1 Å². The Balaban J connectivity index is 1.95. The van der Waals surface area contributed by atoms with Crippen molar-refractivity contribution in [2.45, 2.75) is 6.42 Å². The van der Waals surface area contributed by atoms with Crippen molar-refractivity contribution in [2.75, 3.05) is 13.1 Å². The lowest BCUT2D eigenvalue weighted by atomic mass is 10.4. The van der Waals surface area contributed by atoms with Gasteiger partial charge in [-0.25, -0.2) is 5.12 Å². The molecule has 0 aromatic carbocycles. The summed E-state index contributed by atoms with van der Waals surface area (Å²) >= 11 is 0. The Morgan fingerprint density at radius 1 is 1.64 bits per heavy atom. The zero-order valence-electron chi connectivity index (χ0n) is 5.99. The van der Waals surface area contributed by atoms with Crippen molar-refractivity contribution in [2.24, 2.45) is 0 Å². The summed E-state index contributed by atoms with van der Waals surface area (Å²) in [6, 6.07) is 0. The van der Waals surface area contributed by atoms with Gasteiger partial charge in [0.2, 0.25) is 0 Å². The van der Waals surface area contributed by atoms with Gasteiger partial charge in [0, 0.05) is 13.0 Å². The molecule has 2 aliphatic rings. The van der Waals surface area contributed by atoms with Gasteiger partial charge >= 0.3 is 0 Å². The van der Waals surface area contributed by atoms with Crippen LogP contribution in [0.25, 0.3) is 0 Å². The van der Waals surface area contributed by atoms with Crippen molar-refractivity contribution in [1.82, 2.24) is 15.7 Å². The van der Waals surface area contributed by atoms with Gasteiger partial charge in [-0.2, -0.15) is 5.01 Å². The molecule has 0 aliphatic carbocycles. The molecule has 0 unspecified atom stereocenters. The van der Waals surface area contributed by atoms with Crippen LogP contribution in [0.1, 0.15) is 6.42 Å². The lowest BCUT2D eigenvalue weighted by molar-refractivity contribution is -0.122. The number of rotatable bonds is 1. The van der Waals surface area contributed by atoms with E-state index in [0.717, 1.165) is 6.54 Å². The quantitative estimate of drug-likeness (QED) is 0.547. The molecule has 0 saturated carbocycles. The minimum atomic E-state index is 0.270. The number of carbonyl (C=O) groups is 1. The SMILES string of the molecule is O=C1CCN(N2C=CON2)C1. The van der Waals surface area contributed by atoms with Crippen LogP contribution in [0.2, 0.25) is 0 Å². The maximum absolute atomic E-state index is 10.8. The van der Waals surface area contributed by atoms with Gasteiger partial charge in [-0.3, -0.25) is 4.79 Å². The fourth-order valence-corrected chi connectivity index (χ4v) is 1.15. The average molecular weight is 155 g/mol. The van der Waals surface area contributed by atoms with E-state index in [1.807, 2.05) is 5.01 Å². The standard InChI is InChI=1S/C6H9N3O2/c10-6-1-2-8(5-6)9-3-4-11-7-9/h3-4,7H,1-2,5H2. The van der Waals surface area contributed by atoms with Gasteiger partial charge in [0.05, 0.1) is 12.7 Å². The number of Topliss-reactive ketones (excluding diaryl/α,β-unsaturated/α-hetero) is 1. The molecule has 2 heterocycles. The van der Waals surface area contributed by atoms with Crippen LogP contribution in [0.15, 0.2) is 12.5 Å². The summed E-state index contributed by atoms with van der Waals surface area (Å²) in [6.07, 6.45) is 3.90. The Hall–Kier alpha value is -1.07. The summed E-state index contributed by atoms with van der Waals surface area (Å²) in [5, 5.41) is 3.55. The predicted molar refractivity (Wildman–Crippen MR) is 36.4 cm³/mol. The van der Waals surface area contributed by atoms with Crippen LogP contribution in [0.4, 0.5) is 0 Å². The number of hydrazine groups is 2. The predicted octanol–water partition coefficient (Wildman–Crippen LogP) is -0.601. The highest BCUT2D eigenvalue weighted by molar-refractivity contribution is 5.82. The zero-order valence-corrected chi connectivity index (χ0v) is 5.99. The summed E-state index contributed by atoms with van der Waals surface area (Å²) in [6.45, 7) is 1.24. The minimum absolute atomic E-state index is 0.270. The smallest absolute Gasteiger partial charge is 0.150 e. The molecule has 0 amide bonds. The van der Waals surface area contributed by atoms with Gasteiger partial charge in [0.15, 0.2) is 0 Å². The van der Waals surface area contributed by atoms with Gasteiger partial charge in [0.25, 0.3) is 0 Å². The Bertz CT molecular complexity index is 204. The first kappa shape index (κ1) is 6.63. The second-order valence-electron chi connectivity index (χ2n) is 2.52. The molecule has 0 aromatic heterocycles. The van der Waals surface area contributed by atoms with Crippen LogP contribution in [0, 0.1) is 0 Å². The third-order valence-corrected chi connectivity index (χ3v) is 1.73. The molecule has 0 radical (unpaired) electrons. The van der Waals surface area contributed by atoms with Gasteiger partial charge < -0.3 is 4.84 Å². The molecule has 0 spiro atoms. The lowest BCUT2D eigenvalue weighted by Crippen LogP contribution is -2.43. The van der Waals surface area contributed by atoms with E-state index in [9.17, 15) is 4.79 Å². The highest BCUT2D eigenvalue weighted by Gasteiger charge is 2.24. The van der Waals surface area contributed by atoms with Crippen LogP contribution in [0.3, 0.4) is 0 Å². The van der Waals surface area contributed by atoms with Gasteiger partial charge in [-0.1, -0.05) is 5.59 Å². The van der Waals surface area contributed by atoms with Crippen molar-refractivity contribution in [3.8, 4) is 0 Å². The van der Waals surface area contributed by atoms with E-state index < -0.39 is 0 Å². The Morgan fingerprint density at radius 3 is 3.09 bits per heavy atom. The normalized spacial score (nSPS) is 24.7. The Kier molecular flexibility index (Phi) is 1.52. The molecule has 11 heavy (non-hydrogen) atoms. The third-order valence-electron chi connectivity index (χ3n) is 1.73. The second kappa shape index (κ2) is 2.52. The lowest BCUT2D eigenvalue weighted by Gasteiger charge is -2.23. The third kappa shape index (κ3) is 1.20. The first-order chi connectivity index (χ1) is 5.36. The van der Waals surface area contributed by atoms with Gasteiger partial charge in [-0.05, 0) is 0 Å². The van der Waals surface area contributed by atoms with Crippen LogP contribution in [-0.2, 0) is 9.63 Å². The summed E-state index contributed by atoms with van der Waals surface area (Å²) in [7, 11) is 0. The summed E-state index contributed by atoms with van der Waals surface area (Å²) < 4.78 is 0. The van der Waals surface area contributed by atoms with E-state index in [2.05, 4.69) is 5.59 Å². The largest absolute Gasteiger partial charge is 0.394 e. The summed E-state index contributed by atoms with van der Waals surface area (Å²) in [5.74, 6) is 0.270. The van der Waals surface area contributed by atoms with Crippen LogP contribution >= 0.6 is 0 Å². The van der Waals surface area contributed by atoms with E-state index in [1.54, 1.807) is 11.3 Å². The van der Waals surface area contributed by atoms with Crippen molar-refractivity contribution < 1.29 is 9.63 Å². The summed E-state index contributed by atoms with van der Waals surface area (Å²) in [4.78, 5) is 15.6. The molecule has 5 heteroatoms. The van der Waals surface area contributed by atoms with Gasteiger partial charge in [0.1, 0.15) is 12.0 Å². The molecule has 1 saturated heterocycles. The van der Waals surface area contributed by atoms with Crippen LogP contribution in [0.5, 0.6) is 0 Å². The number of nitrogens with one attached hydrogen (secondary N) is 1. The average Bonchev–Trinajstić information content (AvgIpc) is 2.55. The molecular formula is C6H9N3O2. The molecule has 0 bridgehead atoms. The van der Waals surface area contributed by atoms with Crippen LogP contribution < -0.4 is 5.59 Å². The van der Waals surface area contributed by atoms with E-state index in [4.69, 9.17) is 4.84 Å². The number of hydrogen-bond donors (Lipinski definition) is 1. The number of ketones is 1. The minimum Gasteiger partial charge on any atom is -0.394 e. The maximum Gasteiger partial charge on any atom is 0.150 e. The highest BCUT2D eigenvalue weighted by atomic mass is 16.7. The molecule has 2 rings (SSSR count). The fraction of sp³-hybridized carbons (Fsp3) is 0.500. The maximum atomic E-state index is 10.8. The van der Waals surface area contributed by atoms with Crippen LogP contribution in [-0.4, -0.2) is 29.0 Å². The molecular weight excluding hydrogens is 146 g/mol. The molecule has 5 nitrogen and oxygen atoms in total. The van der Waals surface area contributed by atoms with Crippen molar-refractivity contribution in [1.29, 1.82) is 0 Å². The number of nitrogens with zero attached hydrogens (tertiary/aromatic N) is 2. The fourth-order valence-electron chi connectivity index (χ4n) is 1.15. The topological polar surface area (TPSA) is 44.8 Å². The van der Waals surface area contributed by atoms with Crippen molar-refractivity contribution in [3.63, 3.8) is 0 Å². The van der Waals surface area contributed by atoms with E-state index in [1.165, 1.54) is 6.26 Å². The zero-order chi connectivity index (χ0) is 7.68. The van der Waals surface area contributed by atoms with E-state index >= 15 is 0 Å². The van der Waals surface area contributed by atoms with Crippen molar-refractivity contribution in [3.05, 3.63) is 12.5 Å². The van der Waals surface area contributed by atoms with E-state index in [0.29, 0.717) is 13.0 Å². The van der Waals surface area contributed by atoms with Gasteiger partial charge in [-0.15, -0.1) is 0 Å². The second-order valence-corrected chi connectivity index (χ2v) is 2.52. The molecule has 2 aliphatic heterocycles. The van der Waals surface area contributed by atoms with E-state index in [-0.39, 0.29) is 5.78 Å². The monoisotopic (exact) mass is 155 g/mol.